The van der Waals surface area contributed by atoms with E-state index in [1.165, 1.54) is 16.4 Å². The van der Waals surface area contributed by atoms with Crippen LogP contribution in [0, 0.1) is 0 Å². The molecule has 0 atom stereocenters. The van der Waals surface area contributed by atoms with Crippen molar-refractivity contribution in [2.75, 3.05) is 32.7 Å². The smallest absolute Gasteiger partial charge is 0.317 e. The first-order valence-electron chi connectivity index (χ1n) is 6.59. The van der Waals surface area contributed by atoms with Crippen LogP contribution in [-0.4, -0.2) is 61.4 Å². The van der Waals surface area contributed by atoms with Crippen molar-refractivity contribution in [1.82, 2.24) is 9.21 Å². The van der Waals surface area contributed by atoms with E-state index in [1.54, 1.807) is 17.0 Å². The van der Waals surface area contributed by atoms with Crippen LogP contribution >= 0.6 is 11.6 Å². The van der Waals surface area contributed by atoms with Crippen LogP contribution in [0.25, 0.3) is 0 Å². The first-order valence-corrected chi connectivity index (χ1v) is 8.41. The van der Waals surface area contributed by atoms with Crippen molar-refractivity contribution in [2.24, 2.45) is 0 Å². The van der Waals surface area contributed by atoms with E-state index >= 15 is 0 Å². The van der Waals surface area contributed by atoms with E-state index in [2.05, 4.69) is 0 Å². The predicted octanol–water partition coefficient (Wildman–Crippen LogP) is 1.12. The largest absolute Gasteiger partial charge is 0.480 e. The Hall–Kier alpha value is -1.15. The van der Waals surface area contributed by atoms with Gasteiger partial charge in [-0.05, 0) is 24.6 Å². The number of carboxylic acid groups (broad SMARTS) is 1. The first kappa shape index (κ1) is 16.2. The molecule has 0 aromatic heterocycles. The van der Waals surface area contributed by atoms with E-state index < -0.39 is 16.0 Å². The molecule has 1 aliphatic heterocycles. The molecule has 2 rings (SSSR count). The van der Waals surface area contributed by atoms with Crippen molar-refractivity contribution < 1.29 is 18.3 Å². The lowest BCUT2D eigenvalue weighted by atomic mass is 10.4. The third-order valence-corrected chi connectivity index (χ3v) is 5.47. The second-order valence-corrected chi connectivity index (χ2v) is 7.26. The Morgan fingerprint density at radius 2 is 2.00 bits per heavy atom. The molecule has 0 unspecified atom stereocenters. The third-order valence-electron chi connectivity index (χ3n) is 3.34. The minimum atomic E-state index is -3.58. The zero-order valence-electron chi connectivity index (χ0n) is 11.4. The van der Waals surface area contributed by atoms with Crippen molar-refractivity contribution in [1.29, 1.82) is 0 Å². The van der Waals surface area contributed by atoms with Gasteiger partial charge in [-0.3, -0.25) is 9.69 Å². The van der Waals surface area contributed by atoms with Crippen LogP contribution in [0.2, 0.25) is 5.02 Å². The maximum absolute atomic E-state index is 12.6. The molecule has 0 aliphatic carbocycles. The summed E-state index contributed by atoms with van der Waals surface area (Å²) in [6.07, 6.45) is 0.604. The summed E-state index contributed by atoms with van der Waals surface area (Å²) < 4.78 is 26.5. The van der Waals surface area contributed by atoms with Gasteiger partial charge in [-0.1, -0.05) is 17.7 Å². The Bertz CT molecular complexity index is 620. The van der Waals surface area contributed by atoms with Gasteiger partial charge < -0.3 is 5.11 Å². The van der Waals surface area contributed by atoms with Gasteiger partial charge in [0.05, 0.1) is 11.4 Å². The monoisotopic (exact) mass is 332 g/mol. The molecule has 116 valence electrons. The van der Waals surface area contributed by atoms with E-state index in [4.69, 9.17) is 16.7 Å². The molecule has 1 aromatic rings. The Balaban J connectivity index is 2.12. The molecule has 0 bridgehead atoms. The van der Waals surface area contributed by atoms with Gasteiger partial charge >= 0.3 is 5.97 Å². The van der Waals surface area contributed by atoms with Crippen LogP contribution in [0.15, 0.2) is 29.2 Å². The topological polar surface area (TPSA) is 77.9 Å². The number of hydrogen-bond acceptors (Lipinski definition) is 4. The minimum absolute atomic E-state index is 0.0644. The van der Waals surface area contributed by atoms with Crippen LogP contribution in [0.5, 0.6) is 0 Å². The zero-order valence-corrected chi connectivity index (χ0v) is 13.0. The fraction of sp³-hybridized carbons (Fsp3) is 0.462. The van der Waals surface area contributed by atoms with Gasteiger partial charge in [-0.15, -0.1) is 0 Å². The summed E-state index contributed by atoms with van der Waals surface area (Å²) in [6.45, 7) is 1.58. The molecular formula is C13H17ClN2O4S. The summed E-state index contributed by atoms with van der Waals surface area (Å²) in [5.74, 6) is -0.902. The summed E-state index contributed by atoms with van der Waals surface area (Å²) >= 11 is 5.85. The molecule has 1 saturated heterocycles. The van der Waals surface area contributed by atoms with Gasteiger partial charge in [0.25, 0.3) is 0 Å². The highest BCUT2D eigenvalue weighted by molar-refractivity contribution is 7.89. The highest BCUT2D eigenvalue weighted by Crippen LogP contribution is 2.20. The fourth-order valence-electron chi connectivity index (χ4n) is 2.31. The summed E-state index contributed by atoms with van der Waals surface area (Å²) in [5.41, 5.74) is 0. The fourth-order valence-corrected chi connectivity index (χ4v) is 4.08. The van der Waals surface area contributed by atoms with Crippen molar-refractivity contribution in [3.05, 3.63) is 29.3 Å². The summed E-state index contributed by atoms with van der Waals surface area (Å²) in [4.78, 5) is 12.6. The van der Waals surface area contributed by atoms with Crippen LogP contribution in [-0.2, 0) is 14.8 Å². The molecule has 0 amide bonds. The van der Waals surface area contributed by atoms with Gasteiger partial charge in [-0.25, -0.2) is 8.42 Å². The van der Waals surface area contributed by atoms with E-state index in [9.17, 15) is 13.2 Å². The Morgan fingerprint density at radius 1 is 1.24 bits per heavy atom. The lowest BCUT2D eigenvalue weighted by Gasteiger charge is -2.20. The number of carboxylic acids is 1. The summed E-state index contributed by atoms with van der Waals surface area (Å²) in [5, 5.41) is 9.18. The average Bonchev–Trinajstić information content (AvgIpc) is 2.64. The van der Waals surface area contributed by atoms with Crippen LogP contribution in [0.4, 0.5) is 0 Å². The molecule has 0 radical (unpaired) electrons. The molecule has 1 heterocycles. The van der Waals surface area contributed by atoms with Gasteiger partial charge in [0.1, 0.15) is 0 Å². The summed E-state index contributed by atoms with van der Waals surface area (Å²) in [6, 6.07) is 6.17. The highest BCUT2D eigenvalue weighted by atomic mass is 35.5. The number of carbonyl (C=O) groups is 1. The lowest BCUT2D eigenvalue weighted by Crippen LogP contribution is -2.36. The lowest BCUT2D eigenvalue weighted by molar-refractivity contribution is -0.138. The molecule has 0 saturated carbocycles. The molecule has 21 heavy (non-hydrogen) atoms. The third kappa shape index (κ3) is 4.16. The molecule has 1 N–H and O–H groups in total. The average molecular weight is 333 g/mol. The van der Waals surface area contributed by atoms with E-state index in [0.717, 1.165) is 0 Å². The highest BCUT2D eigenvalue weighted by Gasteiger charge is 2.27. The predicted molar refractivity (Wildman–Crippen MR) is 78.9 cm³/mol. The molecule has 1 aliphatic rings. The van der Waals surface area contributed by atoms with Crippen LogP contribution in [0.1, 0.15) is 6.42 Å². The number of aliphatic carboxylic acids is 1. The number of rotatable bonds is 4. The number of hydrogen-bond donors (Lipinski definition) is 1. The van der Waals surface area contributed by atoms with Gasteiger partial charge in [-0.2, -0.15) is 4.31 Å². The minimum Gasteiger partial charge on any atom is -0.480 e. The number of sulfonamides is 1. The second kappa shape index (κ2) is 6.74. The Morgan fingerprint density at radius 3 is 2.67 bits per heavy atom. The molecule has 1 fully saturated rings. The van der Waals surface area contributed by atoms with Crippen molar-refractivity contribution in [3.8, 4) is 0 Å². The van der Waals surface area contributed by atoms with Gasteiger partial charge in [0.2, 0.25) is 10.0 Å². The van der Waals surface area contributed by atoms with Crippen LogP contribution < -0.4 is 0 Å². The van der Waals surface area contributed by atoms with Crippen molar-refractivity contribution >= 4 is 27.6 Å². The van der Waals surface area contributed by atoms with E-state index in [-0.39, 0.29) is 18.0 Å². The van der Waals surface area contributed by atoms with Gasteiger partial charge in [0.15, 0.2) is 0 Å². The van der Waals surface area contributed by atoms with E-state index in [0.29, 0.717) is 31.1 Å². The van der Waals surface area contributed by atoms with Gasteiger partial charge in [0, 0.05) is 31.2 Å². The van der Waals surface area contributed by atoms with Crippen molar-refractivity contribution in [2.45, 2.75) is 11.3 Å². The molecule has 0 spiro atoms. The molecular weight excluding hydrogens is 316 g/mol. The Labute approximate surface area is 129 Å². The quantitative estimate of drug-likeness (QED) is 0.894. The first-order chi connectivity index (χ1) is 9.89. The molecule has 1 aromatic carbocycles. The molecule has 8 heteroatoms. The SMILES string of the molecule is O=C(O)CN1CCCN(S(=O)(=O)c2cccc(Cl)c2)CC1. The van der Waals surface area contributed by atoms with E-state index in [1.807, 2.05) is 0 Å². The number of benzene rings is 1. The zero-order chi connectivity index (χ0) is 15.5. The second-order valence-electron chi connectivity index (χ2n) is 4.88. The number of halogens is 1. The molecule has 6 nitrogen and oxygen atoms in total. The Kier molecular flexibility index (Phi) is 5.21. The maximum Gasteiger partial charge on any atom is 0.317 e. The van der Waals surface area contributed by atoms with Crippen molar-refractivity contribution in [3.63, 3.8) is 0 Å². The number of nitrogens with zero attached hydrogens (tertiary/aromatic N) is 2. The van der Waals surface area contributed by atoms with Crippen LogP contribution in [0.3, 0.4) is 0 Å². The standard InChI is InChI=1S/C13H17ClN2O4S/c14-11-3-1-4-12(9-11)21(19,20)16-6-2-5-15(7-8-16)10-13(17)18/h1,3-4,9H,2,5-8,10H2,(H,17,18). The maximum atomic E-state index is 12.6. The summed E-state index contributed by atoms with van der Waals surface area (Å²) in [7, 11) is -3.58. The normalized spacial score (nSPS) is 18.3.